The molecule has 1 fully saturated rings. The van der Waals surface area contributed by atoms with Gasteiger partial charge < -0.3 is 0 Å². The monoisotopic (exact) mass is 324 g/mol. The summed E-state index contributed by atoms with van der Waals surface area (Å²) in [5.41, 5.74) is 0. The van der Waals surface area contributed by atoms with E-state index in [2.05, 4.69) is 45.9 Å². The minimum atomic E-state index is -0.154. The Kier molecular flexibility index (Phi) is 2.21. The van der Waals surface area contributed by atoms with Crippen LogP contribution in [0.2, 0.25) is 0 Å². The molecule has 0 aromatic heterocycles. The summed E-state index contributed by atoms with van der Waals surface area (Å²) < 4.78 is 0. The summed E-state index contributed by atoms with van der Waals surface area (Å²) in [5.74, 6) is 0. The Morgan fingerprint density at radius 3 is 0.833 bits per heavy atom. The Balaban J connectivity index is 2.31. The maximum Gasteiger partial charge on any atom is 0.115 e. The molecule has 1 aliphatic heterocycles. The standard InChI is InChI=1S/Br3H3Si3/c1-4-5(2)6(4)3/h4-6H. The minimum Gasteiger partial charge on any atom is -0.137 e. The molecule has 1 rings (SSSR count). The SMILES string of the molecule is Br[SiH]1[SiH](Br)[SiH]1Br. The highest BCUT2D eigenvalue weighted by Crippen LogP contribution is 2.31. The molecule has 1 saturated heterocycles. The lowest BCUT2D eigenvalue weighted by Crippen LogP contribution is -1.76. The molecule has 0 N–H and O–H groups in total. The van der Waals surface area contributed by atoms with Crippen LogP contribution >= 0.6 is 45.9 Å². The molecule has 0 saturated carbocycles. The van der Waals surface area contributed by atoms with Crippen LogP contribution in [0.15, 0.2) is 0 Å². The average Bonchev–Trinajstić information content (AvgIpc) is 1.94. The van der Waals surface area contributed by atoms with E-state index in [1.807, 2.05) is 0 Å². The maximum absolute atomic E-state index is 3.68. The molecule has 6 heavy (non-hydrogen) atoms. The quantitative estimate of drug-likeness (QED) is 0.451. The van der Waals surface area contributed by atoms with Gasteiger partial charge in [-0.3, -0.25) is 0 Å². The van der Waals surface area contributed by atoms with E-state index in [0.717, 1.165) is 0 Å². The zero-order valence-corrected chi connectivity index (χ0v) is 11.1. The number of hydrogen-bond acceptors (Lipinski definition) is 0. The topological polar surface area (TPSA) is 0 Å². The third-order valence-electron chi connectivity index (χ3n) is 0.772. The molecule has 0 unspecified atom stereocenters. The van der Waals surface area contributed by atoms with E-state index in [1.165, 1.54) is 0 Å². The fraction of sp³-hybridized carbons (Fsp3) is 0. The van der Waals surface area contributed by atoms with Gasteiger partial charge in [0.25, 0.3) is 0 Å². The molecule has 6 heteroatoms. The summed E-state index contributed by atoms with van der Waals surface area (Å²) in [4.78, 5) is 0. The van der Waals surface area contributed by atoms with Crippen molar-refractivity contribution in [1.29, 1.82) is 0 Å². The summed E-state index contributed by atoms with van der Waals surface area (Å²) in [6.07, 6.45) is 0. The van der Waals surface area contributed by atoms with Crippen molar-refractivity contribution in [2.45, 2.75) is 0 Å². The van der Waals surface area contributed by atoms with Gasteiger partial charge >= 0.3 is 0 Å². The van der Waals surface area contributed by atoms with Gasteiger partial charge in [0.2, 0.25) is 0 Å². The molecule has 0 aromatic carbocycles. The van der Waals surface area contributed by atoms with E-state index >= 15 is 0 Å². The summed E-state index contributed by atoms with van der Waals surface area (Å²) >= 11 is 11.0. The number of halogens is 3. The first-order chi connectivity index (χ1) is 2.73. The molecule has 36 valence electrons. The fourth-order valence-corrected chi connectivity index (χ4v) is 113. The van der Waals surface area contributed by atoms with Crippen LogP contribution < -0.4 is 0 Å². The third kappa shape index (κ3) is 1.08. The van der Waals surface area contributed by atoms with Crippen LogP contribution in [0, 0.1) is 0 Å². The van der Waals surface area contributed by atoms with E-state index in [1.54, 1.807) is 0 Å². The van der Waals surface area contributed by atoms with Gasteiger partial charge in [-0.2, -0.15) is 0 Å². The summed E-state index contributed by atoms with van der Waals surface area (Å²) in [5, 5.41) is 0. The van der Waals surface area contributed by atoms with Crippen molar-refractivity contribution < 1.29 is 0 Å². The van der Waals surface area contributed by atoms with Crippen molar-refractivity contribution in [1.82, 2.24) is 0 Å². The second kappa shape index (κ2) is 2.14. The van der Waals surface area contributed by atoms with Crippen molar-refractivity contribution in [3.63, 3.8) is 0 Å². The molecule has 0 radical (unpaired) electrons. The average molecular weight is 327 g/mol. The van der Waals surface area contributed by atoms with Crippen LogP contribution in [0.1, 0.15) is 0 Å². The molecule has 1 aliphatic rings. The van der Waals surface area contributed by atoms with Crippen molar-refractivity contribution in [3.05, 3.63) is 0 Å². The Morgan fingerprint density at radius 2 is 0.833 bits per heavy atom. The highest BCUT2D eigenvalue weighted by atomic mass is 79.9. The van der Waals surface area contributed by atoms with Crippen molar-refractivity contribution in [2.24, 2.45) is 0 Å². The summed E-state index contributed by atoms with van der Waals surface area (Å²) in [6, 6.07) is 0. The van der Waals surface area contributed by atoms with Gasteiger partial charge in [0.15, 0.2) is 0 Å². The van der Waals surface area contributed by atoms with Gasteiger partial charge in [0.1, 0.15) is 19.4 Å². The van der Waals surface area contributed by atoms with Crippen LogP contribution in [0.5, 0.6) is 0 Å². The lowest BCUT2D eigenvalue weighted by molar-refractivity contribution is 4.53. The first kappa shape index (κ1) is 6.21. The van der Waals surface area contributed by atoms with Crippen LogP contribution in [0.25, 0.3) is 0 Å². The molecular weight excluding hydrogens is 324 g/mol. The van der Waals surface area contributed by atoms with E-state index in [4.69, 9.17) is 0 Å². The van der Waals surface area contributed by atoms with E-state index < -0.39 is 0 Å². The van der Waals surface area contributed by atoms with Crippen LogP contribution in [0.3, 0.4) is 0 Å². The molecule has 0 atom stereocenters. The highest BCUT2D eigenvalue weighted by molar-refractivity contribution is 9.50. The second-order valence-corrected chi connectivity index (χ2v) is 50.9. The molecule has 0 aromatic rings. The normalized spacial score (nSPS) is 55.5. The van der Waals surface area contributed by atoms with Crippen LogP contribution in [-0.2, 0) is 0 Å². The molecular formula is H3Br3Si3. The van der Waals surface area contributed by atoms with Gasteiger partial charge in [-0.15, -0.1) is 45.9 Å². The van der Waals surface area contributed by atoms with Crippen LogP contribution in [-0.4, -0.2) is 19.4 Å². The maximum atomic E-state index is 3.68. The predicted octanol–water partition coefficient (Wildman–Crippen LogP) is 0.591. The zero-order chi connectivity index (χ0) is 4.73. The molecule has 1 heterocycles. The lowest BCUT2D eigenvalue weighted by atomic mass is 27.1. The smallest absolute Gasteiger partial charge is 0.115 e. The highest BCUT2D eigenvalue weighted by Gasteiger charge is 2.50. The second-order valence-electron chi connectivity index (χ2n) is 1.33. The Morgan fingerprint density at radius 1 is 0.667 bits per heavy atom. The molecule has 0 bridgehead atoms. The largest absolute Gasteiger partial charge is 0.137 e. The lowest BCUT2D eigenvalue weighted by Gasteiger charge is -1.58. The van der Waals surface area contributed by atoms with Crippen molar-refractivity contribution in [2.75, 3.05) is 0 Å². The molecule has 0 aliphatic carbocycles. The Hall–Kier alpha value is 2.09. The van der Waals surface area contributed by atoms with E-state index in [9.17, 15) is 0 Å². The Labute approximate surface area is 64.6 Å². The van der Waals surface area contributed by atoms with Gasteiger partial charge in [-0.25, -0.2) is 0 Å². The molecule has 0 amide bonds. The third-order valence-corrected chi connectivity index (χ3v) is 101. The molecule has 0 spiro atoms. The Bertz CT molecular complexity index is 42.8. The van der Waals surface area contributed by atoms with Crippen molar-refractivity contribution in [3.8, 4) is 0 Å². The van der Waals surface area contributed by atoms with Gasteiger partial charge in [-0.05, 0) is 0 Å². The van der Waals surface area contributed by atoms with Gasteiger partial charge in [0.05, 0.1) is 0 Å². The van der Waals surface area contributed by atoms with E-state index in [-0.39, 0.29) is 19.4 Å². The predicted molar refractivity (Wildman–Crippen MR) is 48.2 cm³/mol. The molecule has 0 nitrogen and oxygen atoms in total. The zero-order valence-electron chi connectivity index (χ0n) is 2.87. The van der Waals surface area contributed by atoms with Crippen molar-refractivity contribution >= 4 is 65.2 Å². The summed E-state index contributed by atoms with van der Waals surface area (Å²) in [7, 11) is 0. The van der Waals surface area contributed by atoms with Gasteiger partial charge in [-0.1, -0.05) is 0 Å². The van der Waals surface area contributed by atoms with Gasteiger partial charge in [0, 0.05) is 0 Å². The fourth-order valence-electron chi connectivity index (χ4n) is 0.208. The van der Waals surface area contributed by atoms with Crippen LogP contribution in [0.4, 0.5) is 0 Å². The van der Waals surface area contributed by atoms with E-state index in [0.29, 0.717) is 0 Å². The first-order valence-electron chi connectivity index (χ1n) is 1.65. The summed E-state index contributed by atoms with van der Waals surface area (Å²) in [6.45, 7) is -0.461. The number of hydrogen-bond donors (Lipinski definition) is 0. The minimum absolute atomic E-state index is 0.154. The number of rotatable bonds is 0. The first-order valence-corrected chi connectivity index (χ1v) is 19.2.